The summed E-state index contributed by atoms with van der Waals surface area (Å²) in [5.41, 5.74) is 1.23. The third-order valence-corrected chi connectivity index (χ3v) is 4.37. The molecule has 0 bridgehead atoms. The summed E-state index contributed by atoms with van der Waals surface area (Å²) in [5.74, 6) is 1.14. The van der Waals surface area contributed by atoms with Crippen molar-refractivity contribution in [2.24, 2.45) is 4.99 Å². The zero-order chi connectivity index (χ0) is 16.5. The van der Waals surface area contributed by atoms with E-state index in [9.17, 15) is 5.11 Å². The number of guanidine groups is 1. The van der Waals surface area contributed by atoms with Crippen molar-refractivity contribution >= 4 is 17.3 Å². The maximum Gasteiger partial charge on any atom is 0.190 e. The molecule has 2 aromatic rings. The lowest BCUT2D eigenvalue weighted by Gasteiger charge is -2.11. The van der Waals surface area contributed by atoms with Gasteiger partial charge < -0.3 is 15.7 Å². The molecule has 0 saturated carbocycles. The SMILES string of the molecule is CN=C(NCCCc1ccc(O)cc1)NCCc1ncc(C)s1. The fraction of sp³-hybridized carbons (Fsp3) is 0.412. The first-order chi connectivity index (χ1) is 11.2. The molecular formula is C17H24N4OS. The molecule has 2 rings (SSSR count). The summed E-state index contributed by atoms with van der Waals surface area (Å²) in [6.07, 6.45) is 4.81. The molecule has 1 aromatic carbocycles. The third kappa shape index (κ3) is 6.28. The van der Waals surface area contributed by atoms with Crippen LogP contribution in [0.4, 0.5) is 0 Å². The van der Waals surface area contributed by atoms with E-state index in [-0.39, 0.29) is 0 Å². The van der Waals surface area contributed by atoms with Crippen molar-refractivity contribution in [1.29, 1.82) is 0 Å². The molecule has 0 aliphatic carbocycles. The number of benzene rings is 1. The highest BCUT2D eigenvalue weighted by atomic mass is 32.1. The fourth-order valence-corrected chi connectivity index (χ4v) is 2.97. The molecule has 5 nitrogen and oxygen atoms in total. The van der Waals surface area contributed by atoms with Crippen LogP contribution in [0.2, 0.25) is 0 Å². The maximum absolute atomic E-state index is 9.26. The Labute approximate surface area is 141 Å². The van der Waals surface area contributed by atoms with Gasteiger partial charge in [0.1, 0.15) is 5.75 Å². The van der Waals surface area contributed by atoms with Crippen molar-refractivity contribution < 1.29 is 5.11 Å². The van der Waals surface area contributed by atoms with Gasteiger partial charge in [0.15, 0.2) is 5.96 Å². The molecule has 23 heavy (non-hydrogen) atoms. The molecule has 0 aliphatic heterocycles. The van der Waals surface area contributed by atoms with Crippen molar-refractivity contribution in [2.75, 3.05) is 20.1 Å². The van der Waals surface area contributed by atoms with E-state index in [4.69, 9.17) is 0 Å². The summed E-state index contributed by atoms with van der Waals surface area (Å²) in [6, 6.07) is 7.37. The Bertz CT molecular complexity index is 622. The lowest BCUT2D eigenvalue weighted by molar-refractivity contribution is 0.475. The Hall–Kier alpha value is -2.08. The fourth-order valence-electron chi connectivity index (χ4n) is 2.19. The van der Waals surface area contributed by atoms with Gasteiger partial charge in [-0.05, 0) is 37.5 Å². The average molecular weight is 332 g/mol. The Morgan fingerprint density at radius 2 is 1.91 bits per heavy atom. The van der Waals surface area contributed by atoms with E-state index in [0.29, 0.717) is 5.75 Å². The molecule has 1 aromatic heterocycles. The van der Waals surface area contributed by atoms with E-state index < -0.39 is 0 Å². The standard InChI is InChI=1S/C17H24N4OS/c1-13-12-21-16(23-13)9-11-20-17(18-2)19-10-3-4-14-5-7-15(22)8-6-14/h5-8,12,22H,3-4,9-11H2,1-2H3,(H2,18,19,20). The van der Waals surface area contributed by atoms with E-state index >= 15 is 0 Å². The van der Waals surface area contributed by atoms with Gasteiger partial charge in [0.25, 0.3) is 0 Å². The molecule has 0 saturated heterocycles. The first-order valence-electron chi connectivity index (χ1n) is 7.81. The molecule has 0 atom stereocenters. The zero-order valence-corrected chi connectivity index (χ0v) is 14.5. The van der Waals surface area contributed by atoms with Crippen LogP contribution in [0.25, 0.3) is 0 Å². The second-order valence-electron chi connectivity index (χ2n) is 5.31. The molecule has 1 heterocycles. The molecule has 0 unspecified atom stereocenters. The topological polar surface area (TPSA) is 69.5 Å². The number of hydrogen-bond donors (Lipinski definition) is 3. The van der Waals surface area contributed by atoms with Crippen molar-refractivity contribution in [1.82, 2.24) is 15.6 Å². The van der Waals surface area contributed by atoms with Gasteiger partial charge in [-0.25, -0.2) is 4.98 Å². The largest absolute Gasteiger partial charge is 0.508 e. The molecule has 0 radical (unpaired) electrons. The van der Waals surface area contributed by atoms with E-state index in [1.165, 1.54) is 10.4 Å². The van der Waals surface area contributed by atoms with Crippen LogP contribution in [-0.4, -0.2) is 36.2 Å². The normalized spacial score (nSPS) is 11.5. The Kier molecular flexibility index (Phi) is 6.87. The number of phenolic OH excluding ortho intramolecular Hbond substituents is 1. The molecule has 0 amide bonds. The van der Waals surface area contributed by atoms with Gasteiger partial charge in [0, 0.05) is 37.6 Å². The van der Waals surface area contributed by atoms with Gasteiger partial charge >= 0.3 is 0 Å². The minimum absolute atomic E-state index is 0.312. The van der Waals surface area contributed by atoms with Gasteiger partial charge in [-0.2, -0.15) is 0 Å². The summed E-state index contributed by atoms with van der Waals surface area (Å²) in [6.45, 7) is 3.75. The first kappa shape index (κ1) is 17.3. The minimum atomic E-state index is 0.312. The van der Waals surface area contributed by atoms with E-state index in [0.717, 1.165) is 43.3 Å². The number of phenols is 1. The molecule has 124 valence electrons. The smallest absolute Gasteiger partial charge is 0.190 e. The van der Waals surface area contributed by atoms with Crippen LogP contribution < -0.4 is 10.6 Å². The third-order valence-electron chi connectivity index (χ3n) is 3.40. The van der Waals surface area contributed by atoms with Gasteiger partial charge in [0.2, 0.25) is 0 Å². The van der Waals surface area contributed by atoms with Crippen LogP contribution in [0.3, 0.4) is 0 Å². The summed E-state index contributed by atoms with van der Waals surface area (Å²) >= 11 is 1.74. The van der Waals surface area contributed by atoms with Crippen molar-refractivity contribution in [3.05, 3.63) is 45.9 Å². The number of aromatic hydroxyl groups is 1. The quantitative estimate of drug-likeness (QED) is 0.414. The van der Waals surface area contributed by atoms with Crippen molar-refractivity contribution in [2.45, 2.75) is 26.2 Å². The van der Waals surface area contributed by atoms with E-state index in [1.54, 1.807) is 30.5 Å². The molecule has 0 fully saturated rings. The van der Waals surface area contributed by atoms with Crippen molar-refractivity contribution in [3.63, 3.8) is 0 Å². The van der Waals surface area contributed by atoms with Crippen LogP contribution >= 0.6 is 11.3 Å². The number of nitrogens with zero attached hydrogens (tertiary/aromatic N) is 2. The lowest BCUT2D eigenvalue weighted by Crippen LogP contribution is -2.38. The zero-order valence-electron chi connectivity index (χ0n) is 13.7. The highest BCUT2D eigenvalue weighted by molar-refractivity contribution is 7.11. The predicted octanol–water partition coefficient (Wildman–Crippen LogP) is 2.50. The van der Waals surface area contributed by atoms with Crippen LogP contribution in [0, 0.1) is 6.92 Å². The number of aromatic nitrogens is 1. The Morgan fingerprint density at radius 1 is 1.17 bits per heavy atom. The molecule has 3 N–H and O–H groups in total. The van der Waals surface area contributed by atoms with Crippen LogP contribution in [-0.2, 0) is 12.8 Å². The number of thiazole rings is 1. The van der Waals surface area contributed by atoms with Gasteiger partial charge in [-0.1, -0.05) is 12.1 Å². The number of aryl methyl sites for hydroxylation is 2. The number of hydrogen-bond acceptors (Lipinski definition) is 4. The Morgan fingerprint density at radius 3 is 2.57 bits per heavy atom. The number of nitrogens with one attached hydrogen (secondary N) is 2. The summed E-state index contributed by atoms with van der Waals surface area (Å²) in [7, 11) is 1.78. The maximum atomic E-state index is 9.26. The van der Waals surface area contributed by atoms with Gasteiger partial charge in [-0.15, -0.1) is 11.3 Å². The summed E-state index contributed by atoms with van der Waals surface area (Å²) in [5, 5.41) is 17.0. The summed E-state index contributed by atoms with van der Waals surface area (Å²) < 4.78 is 0. The van der Waals surface area contributed by atoms with Gasteiger partial charge in [-0.3, -0.25) is 4.99 Å². The number of aliphatic imine (C=N–C) groups is 1. The second-order valence-corrected chi connectivity index (χ2v) is 6.63. The predicted molar refractivity (Wildman–Crippen MR) is 96.3 cm³/mol. The number of rotatable bonds is 7. The molecule has 0 aliphatic rings. The average Bonchev–Trinajstić information content (AvgIpc) is 2.97. The van der Waals surface area contributed by atoms with E-state index in [1.807, 2.05) is 18.3 Å². The van der Waals surface area contributed by atoms with Gasteiger partial charge in [0.05, 0.1) is 5.01 Å². The molecule has 6 heteroatoms. The first-order valence-corrected chi connectivity index (χ1v) is 8.63. The molecular weight excluding hydrogens is 308 g/mol. The minimum Gasteiger partial charge on any atom is -0.508 e. The highest BCUT2D eigenvalue weighted by Gasteiger charge is 2.01. The summed E-state index contributed by atoms with van der Waals surface area (Å²) in [4.78, 5) is 9.83. The highest BCUT2D eigenvalue weighted by Crippen LogP contribution is 2.11. The monoisotopic (exact) mass is 332 g/mol. The van der Waals surface area contributed by atoms with Crippen molar-refractivity contribution in [3.8, 4) is 5.75 Å². The Balaban J connectivity index is 1.62. The van der Waals surface area contributed by atoms with E-state index in [2.05, 4.69) is 27.5 Å². The second kappa shape index (κ2) is 9.15. The lowest BCUT2D eigenvalue weighted by atomic mass is 10.1. The van der Waals surface area contributed by atoms with Crippen LogP contribution in [0.5, 0.6) is 5.75 Å². The van der Waals surface area contributed by atoms with Crippen LogP contribution in [0.1, 0.15) is 21.9 Å². The van der Waals surface area contributed by atoms with Crippen LogP contribution in [0.15, 0.2) is 35.5 Å². The molecule has 0 spiro atoms.